The Morgan fingerprint density at radius 2 is 1.42 bits per heavy atom. The van der Waals surface area contributed by atoms with E-state index in [0.29, 0.717) is 6.42 Å². The Labute approximate surface area is 116 Å². The van der Waals surface area contributed by atoms with Crippen molar-refractivity contribution in [1.29, 1.82) is 0 Å². The highest BCUT2D eigenvalue weighted by molar-refractivity contribution is 5.03. The fourth-order valence-electron chi connectivity index (χ4n) is 0.155. The smallest absolute Gasteiger partial charge is 0.137 e. The predicted octanol–water partition coefficient (Wildman–Crippen LogP) is 0.144. The normalized spacial score (nSPS) is 13.7. The quantitative estimate of drug-likeness (QED) is 0.537. The second kappa shape index (κ2) is 11.6. The number of hydrogen-bond donors (Lipinski definition) is 4. The minimum absolute atomic E-state index is 0.351. The van der Waals surface area contributed by atoms with Gasteiger partial charge < -0.3 is 20.4 Å². The van der Waals surface area contributed by atoms with Gasteiger partial charge in [-0.15, -0.1) is 19.3 Å². The molecule has 0 bridgehead atoms. The lowest BCUT2D eigenvalue weighted by Gasteiger charge is -2.10. The van der Waals surface area contributed by atoms with Crippen LogP contribution in [0.1, 0.15) is 34.1 Å². The van der Waals surface area contributed by atoms with Crippen molar-refractivity contribution in [3.8, 4) is 37.0 Å². The first-order valence-electron chi connectivity index (χ1n) is 5.65. The van der Waals surface area contributed by atoms with Crippen LogP contribution in [-0.4, -0.2) is 44.3 Å². The average molecular weight is 268 g/mol. The third kappa shape index (κ3) is 26.2. The van der Waals surface area contributed by atoms with Crippen LogP contribution in [-0.2, 0) is 0 Å². The summed E-state index contributed by atoms with van der Waals surface area (Å²) >= 11 is 0. The van der Waals surface area contributed by atoms with Gasteiger partial charge >= 0.3 is 0 Å². The minimum Gasteiger partial charge on any atom is -0.393 e. The van der Waals surface area contributed by atoms with Gasteiger partial charge in [0.15, 0.2) is 0 Å². The molecule has 0 aromatic carbocycles. The Hall–Kier alpha value is -1.48. The molecule has 0 rings (SSSR count). The molecule has 0 aromatic rings. The van der Waals surface area contributed by atoms with Crippen molar-refractivity contribution in [3.63, 3.8) is 0 Å². The average Bonchev–Trinajstić information content (AvgIpc) is 2.38. The molecule has 2 unspecified atom stereocenters. The lowest BCUT2D eigenvalue weighted by molar-refractivity contribution is 0.118. The summed E-state index contributed by atoms with van der Waals surface area (Å²) in [6.07, 6.45) is 14.0. The Balaban J connectivity index is -0.000000203. The molecule has 0 radical (unpaired) electrons. The standard InChI is InChI=1S/C6H10O.C5H8O.C4H6O2/c1-4-6(3,7)5-2;1-4-5(2,3)6;1-2-4(6)3-5/h1,7H,5H2,2-3H3;1,6H,2-3H3;1,4-6H,3H2. The van der Waals surface area contributed by atoms with Gasteiger partial charge in [0.1, 0.15) is 17.3 Å². The third-order valence-corrected chi connectivity index (χ3v) is 1.72. The zero-order valence-electron chi connectivity index (χ0n) is 12.0. The van der Waals surface area contributed by atoms with Gasteiger partial charge in [-0.1, -0.05) is 24.7 Å². The first kappa shape index (κ1) is 22.7. The SMILES string of the molecule is C#CC(C)(C)O.C#CC(C)(O)CC.C#CC(O)CO. The maximum Gasteiger partial charge on any atom is 0.137 e. The third-order valence-electron chi connectivity index (χ3n) is 1.72. The van der Waals surface area contributed by atoms with Gasteiger partial charge in [0.25, 0.3) is 0 Å². The van der Waals surface area contributed by atoms with Crippen LogP contribution in [0.4, 0.5) is 0 Å². The van der Waals surface area contributed by atoms with Crippen molar-refractivity contribution in [2.75, 3.05) is 6.61 Å². The Kier molecular flexibility index (Phi) is 13.8. The van der Waals surface area contributed by atoms with Crippen molar-refractivity contribution in [2.45, 2.75) is 51.4 Å². The molecule has 0 saturated carbocycles. The van der Waals surface area contributed by atoms with Crippen molar-refractivity contribution in [1.82, 2.24) is 0 Å². The first-order chi connectivity index (χ1) is 8.49. The molecule has 108 valence electrons. The number of terminal acetylenes is 3. The van der Waals surface area contributed by atoms with E-state index in [-0.39, 0.29) is 6.61 Å². The predicted molar refractivity (Wildman–Crippen MR) is 76.8 cm³/mol. The molecule has 0 saturated heterocycles. The largest absolute Gasteiger partial charge is 0.393 e. The minimum atomic E-state index is -0.981. The van der Waals surface area contributed by atoms with Crippen molar-refractivity contribution >= 4 is 0 Å². The highest BCUT2D eigenvalue weighted by Gasteiger charge is 2.10. The lowest BCUT2D eigenvalue weighted by Crippen LogP contribution is -2.18. The molecule has 0 amide bonds. The maximum absolute atomic E-state index is 8.90. The van der Waals surface area contributed by atoms with Crippen LogP contribution in [0.2, 0.25) is 0 Å². The summed E-state index contributed by atoms with van der Waals surface area (Å²) in [6.45, 7) is 6.24. The van der Waals surface area contributed by atoms with E-state index in [4.69, 9.17) is 33.3 Å². The summed E-state index contributed by atoms with van der Waals surface area (Å²) in [7, 11) is 0. The van der Waals surface area contributed by atoms with Crippen molar-refractivity contribution < 1.29 is 20.4 Å². The molecule has 4 N–H and O–H groups in total. The Bertz CT molecular complexity index is 331. The topological polar surface area (TPSA) is 80.9 Å². The lowest BCUT2D eigenvalue weighted by atomic mass is 10.1. The summed E-state index contributed by atoms with van der Waals surface area (Å²) in [5.41, 5.74) is -1.82. The van der Waals surface area contributed by atoms with Crippen LogP contribution >= 0.6 is 0 Å². The van der Waals surface area contributed by atoms with E-state index in [1.807, 2.05) is 12.8 Å². The van der Waals surface area contributed by atoms with Gasteiger partial charge in [-0.25, -0.2) is 0 Å². The van der Waals surface area contributed by atoms with E-state index in [9.17, 15) is 0 Å². The Morgan fingerprint density at radius 1 is 1.05 bits per heavy atom. The van der Waals surface area contributed by atoms with Gasteiger partial charge in [-0.05, 0) is 27.2 Å². The molecule has 2 atom stereocenters. The van der Waals surface area contributed by atoms with E-state index < -0.39 is 17.3 Å². The van der Waals surface area contributed by atoms with E-state index in [2.05, 4.69) is 18.3 Å². The van der Waals surface area contributed by atoms with Gasteiger partial charge in [0, 0.05) is 0 Å². The molecule has 0 aliphatic carbocycles. The van der Waals surface area contributed by atoms with Gasteiger partial charge in [0.2, 0.25) is 0 Å². The zero-order chi connectivity index (χ0) is 16.1. The Morgan fingerprint density at radius 3 is 1.42 bits per heavy atom. The number of aliphatic hydroxyl groups is 4. The molecule has 0 spiro atoms. The van der Waals surface area contributed by atoms with E-state index in [1.165, 1.54) is 0 Å². The highest BCUT2D eigenvalue weighted by Crippen LogP contribution is 2.03. The fraction of sp³-hybridized carbons (Fsp3) is 0.600. The fourth-order valence-corrected chi connectivity index (χ4v) is 0.155. The molecule has 0 aromatic heterocycles. The summed E-state index contributed by atoms with van der Waals surface area (Å²) in [6, 6.07) is 0. The first-order valence-corrected chi connectivity index (χ1v) is 5.65. The maximum atomic E-state index is 8.90. The number of aliphatic hydroxyl groups excluding tert-OH is 2. The summed E-state index contributed by atoms with van der Waals surface area (Å²) < 4.78 is 0. The van der Waals surface area contributed by atoms with Crippen LogP contribution < -0.4 is 0 Å². The number of rotatable bonds is 2. The molecular formula is C15H24O4. The zero-order valence-corrected chi connectivity index (χ0v) is 12.0. The second-order valence-corrected chi connectivity index (χ2v) is 4.34. The molecule has 0 aliphatic rings. The highest BCUT2D eigenvalue weighted by atomic mass is 16.3. The van der Waals surface area contributed by atoms with Crippen LogP contribution in [0.25, 0.3) is 0 Å². The summed E-state index contributed by atoms with van der Waals surface area (Å²) in [5.74, 6) is 6.33. The summed E-state index contributed by atoms with van der Waals surface area (Å²) in [4.78, 5) is 0. The molecular weight excluding hydrogens is 244 g/mol. The van der Waals surface area contributed by atoms with Gasteiger partial charge in [0.05, 0.1) is 6.61 Å². The summed E-state index contributed by atoms with van der Waals surface area (Å²) in [5, 5.41) is 33.6. The van der Waals surface area contributed by atoms with E-state index >= 15 is 0 Å². The van der Waals surface area contributed by atoms with Gasteiger partial charge in [-0.3, -0.25) is 0 Å². The molecule has 19 heavy (non-hydrogen) atoms. The second-order valence-electron chi connectivity index (χ2n) is 4.34. The monoisotopic (exact) mass is 268 g/mol. The van der Waals surface area contributed by atoms with E-state index in [0.717, 1.165) is 0 Å². The van der Waals surface area contributed by atoms with Gasteiger partial charge in [-0.2, -0.15) is 0 Å². The van der Waals surface area contributed by atoms with Crippen molar-refractivity contribution in [2.24, 2.45) is 0 Å². The molecule has 4 heteroatoms. The molecule has 0 heterocycles. The van der Waals surface area contributed by atoms with Crippen molar-refractivity contribution in [3.05, 3.63) is 0 Å². The van der Waals surface area contributed by atoms with Crippen LogP contribution in [0.5, 0.6) is 0 Å². The van der Waals surface area contributed by atoms with Crippen LogP contribution in [0.15, 0.2) is 0 Å². The molecule has 0 aliphatic heterocycles. The van der Waals surface area contributed by atoms with E-state index in [1.54, 1.807) is 20.8 Å². The van der Waals surface area contributed by atoms with Crippen LogP contribution in [0.3, 0.4) is 0 Å². The number of hydrogen-bond acceptors (Lipinski definition) is 4. The van der Waals surface area contributed by atoms with Crippen LogP contribution in [0, 0.1) is 37.0 Å². The molecule has 4 nitrogen and oxygen atoms in total. The molecule has 0 fully saturated rings.